The molecule has 0 bridgehead atoms. The largest absolute Gasteiger partial charge is 0.263 e. The molecule has 1 N–H and O–H groups in total. The summed E-state index contributed by atoms with van der Waals surface area (Å²) < 4.78 is 26.7. The van der Waals surface area contributed by atoms with Gasteiger partial charge >= 0.3 is 0 Å². The maximum atomic E-state index is 12.2. The van der Waals surface area contributed by atoms with Crippen LogP contribution in [0.4, 0.5) is 5.82 Å². The van der Waals surface area contributed by atoms with E-state index in [1.807, 2.05) is 6.07 Å². The summed E-state index contributed by atoms with van der Waals surface area (Å²) in [4.78, 5) is 4.09. The molecule has 5 nitrogen and oxygen atoms in total. The van der Waals surface area contributed by atoms with E-state index in [1.165, 1.54) is 24.4 Å². The number of nitrogens with one attached hydrogen (secondary N) is 1. The fraction of sp³-hybridized carbons (Fsp3) is 0.0769. The Bertz CT molecular complexity index is 731. The predicted molar refractivity (Wildman–Crippen MR) is 70.9 cm³/mol. The molecule has 0 fully saturated rings. The molecule has 19 heavy (non-hydrogen) atoms. The number of nitriles is 1. The summed E-state index contributed by atoms with van der Waals surface area (Å²) in [6.07, 6.45) is 1.32. The van der Waals surface area contributed by atoms with Crippen LogP contribution in [-0.2, 0) is 10.0 Å². The molecular formula is C13H11N3O2S. The van der Waals surface area contributed by atoms with Crippen molar-refractivity contribution in [1.82, 2.24) is 4.98 Å². The van der Waals surface area contributed by atoms with Crippen molar-refractivity contribution in [1.29, 1.82) is 5.26 Å². The molecule has 1 aromatic heterocycles. The Morgan fingerprint density at radius 1 is 1.21 bits per heavy atom. The van der Waals surface area contributed by atoms with Gasteiger partial charge in [-0.05, 0) is 30.7 Å². The molecule has 0 amide bonds. The van der Waals surface area contributed by atoms with Crippen LogP contribution < -0.4 is 4.72 Å². The average molecular weight is 273 g/mol. The first-order valence-corrected chi connectivity index (χ1v) is 6.96. The number of hydrogen-bond acceptors (Lipinski definition) is 4. The molecule has 0 saturated carbocycles. The van der Waals surface area contributed by atoms with Crippen LogP contribution in [0.2, 0.25) is 0 Å². The number of rotatable bonds is 3. The van der Waals surface area contributed by atoms with Gasteiger partial charge in [0, 0.05) is 6.20 Å². The molecule has 0 atom stereocenters. The maximum Gasteiger partial charge on any atom is 0.263 e. The Hall–Kier alpha value is -2.39. The molecule has 0 radical (unpaired) electrons. The SMILES string of the molecule is Cc1ccccc1S(=O)(=O)Nc1ccc(C#N)cn1. The molecule has 96 valence electrons. The van der Waals surface area contributed by atoms with E-state index in [-0.39, 0.29) is 10.7 Å². The highest BCUT2D eigenvalue weighted by atomic mass is 32.2. The van der Waals surface area contributed by atoms with Crippen molar-refractivity contribution < 1.29 is 8.42 Å². The van der Waals surface area contributed by atoms with Gasteiger partial charge in [0.1, 0.15) is 11.9 Å². The van der Waals surface area contributed by atoms with Crippen LogP contribution in [0.3, 0.4) is 0 Å². The third-order valence-electron chi connectivity index (χ3n) is 2.51. The molecule has 0 spiro atoms. The summed E-state index contributed by atoms with van der Waals surface area (Å²) in [5.74, 6) is 0.183. The van der Waals surface area contributed by atoms with E-state index >= 15 is 0 Å². The van der Waals surface area contributed by atoms with Crippen molar-refractivity contribution in [3.8, 4) is 6.07 Å². The van der Waals surface area contributed by atoms with Crippen molar-refractivity contribution in [2.75, 3.05) is 4.72 Å². The fourth-order valence-electron chi connectivity index (χ4n) is 1.57. The Morgan fingerprint density at radius 2 is 1.95 bits per heavy atom. The minimum atomic E-state index is -3.66. The van der Waals surface area contributed by atoms with E-state index in [2.05, 4.69) is 9.71 Å². The highest BCUT2D eigenvalue weighted by Gasteiger charge is 2.16. The second-order valence-electron chi connectivity index (χ2n) is 3.91. The van der Waals surface area contributed by atoms with Gasteiger partial charge in [-0.1, -0.05) is 18.2 Å². The van der Waals surface area contributed by atoms with Gasteiger partial charge in [-0.3, -0.25) is 4.72 Å². The quantitative estimate of drug-likeness (QED) is 0.927. The predicted octanol–water partition coefficient (Wildman–Crippen LogP) is 2.06. The van der Waals surface area contributed by atoms with Crippen LogP contribution in [0.5, 0.6) is 0 Å². The standard InChI is InChI=1S/C13H11N3O2S/c1-10-4-2-3-5-12(10)19(17,18)16-13-7-6-11(8-14)9-15-13/h2-7,9H,1H3,(H,15,16). The Balaban J connectivity index is 2.32. The molecule has 6 heteroatoms. The van der Waals surface area contributed by atoms with Gasteiger partial charge in [0.25, 0.3) is 10.0 Å². The minimum absolute atomic E-state index is 0.183. The monoisotopic (exact) mass is 273 g/mol. The molecule has 1 aromatic carbocycles. The first-order chi connectivity index (χ1) is 9.03. The van der Waals surface area contributed by atoms with E-state index in [0.717, 1.165) is 0 Å². The molecular weight excluding hydrogens is 262 g/mol. The van der Waals surface area contributed by atoms with Crippen LogP contribution in [0.1, 0.15) is 11.1 Å². The lowest BCUT2D eigenvalue weighted by molar-refractivity contribution is 0.600. The number of pyridine rings is 1. The number of hydrogen-bond donors (Lipinski definition) is 1. The lowest BCUT2D eigenvalue weighted by Crippen LogP contribution is -2.15. The van der Waals surface area contributed by atoms with Crippen molar-refractivity contribution in [3.05, 3.63) is 53.7 Å². The van der Waals surface area contributed by atoms with Crippen LogP contribution >= 0.6 is 0 Å². The van der Waals surface area contributed by atoms with Crippen LogP contribution in [-0.4, -0.2) is 13.4 Å². The number of anilines is 1. The number of sulfonamides is 1. The van der Waals surface area contributed by atoms with Gasteiger partial charge in [0.05, 0.1) is 10.5 Å². The summed E-state index contributed by atoms with van der Waals surface area (Å²) in [5.41, 5.74) is 1.03. The highest BCUT2D eigenvalue weighted by molar-refractivity contribution is 7.92. The third kappa shape index (κ3) is 2.89. The van der Waals surface area contributed by atoms with Gasteiger partial charge in [-0.15, -0.1) is 0 Å². The first-order valence-electron chi connectivity index (χ1n) is 5.47. The molecule has 0 aliphatic heterocycles. The molecule has 1 heterocycles. The van der Waals surface area contributed by atoms with E-state index < -0.39 is 10.0 Å². The number of aryl methyl sites for hydroxylation is 1. The van der Waals surface area contributed by atoms with Crippen molar-refractivity contribution in [3.63, 3.8) is 0 Å². The second kappa shape index (κ2) is 5.08. The zero-order valence-electron chi connectivity index (χ0n) is 10.2. The van der Waals surface area contributed by atoms with E-state index in [1.54, 1.807) is 25.1 Å². The van der Waals surface area contributed by atoms with E-state index in [9.17, 15) is 8.42 Å². The van der Waals surface area contributed by atoms with Crippen LogP contribution in [0, 0.1) is 18.3 Å². The minimum Gasteiger partial charge on any atom is -0.263 e. The topological polar surface area (TPSA) is 82.9 Å². The molecule has 0 aliphatic carbocycles. The lowest BCUT2D eigenvalue weighted by Gasteiger charge is -2.09. The van der Waals surface area contributed by atoms with E-state index in [4.69, 9.17) is 5.26 Å². The van der Waals surface area contributed by atoms with E-state index in [0.29, 0.717) is 11.1 Å². The first kappa shape index (κ1) is 13.1. The summed E-state index contributed by atoms with van der Waals surface area (Å²) in [6, 6.07) is 11.6. The van der Waals surface area contributed by atoms with Gasteiger partial charge in [-0.25, -0.2) is 13.4 Å². The summed E-state index contributed by atoms with van der Waals surface area (Å²) in [6.45, 7) is 1.72. The number of aromatic nitrogens is 1. The zero-order chi connectivity index (χ0) is 13.9. The second-order valence-corrected chi connectivity index (χ2v) is 5.57. The highest BCUT2D eigenvalue weighted by Crippen LogP contribution is 2.17. The van der Waals surface area contributed by atoms with Crippen molar-refractivity contribution in [2.24, 2.45) is 0 Å². The van der Waals surface area contributed by atoms with Gasteiger partial charge in [-0.2, -0.15) is 5.26 Å². The smallest absolute Gasteiger partial charge is 0.263 e. The molecule has 0 saturated heterocycles. The van der Waals surface area contributed by atoms with Gasteiger partial charge in [0.15, 0.2) is 0 Å². The number of nitrogens with zero attached hydrogens (tertiary/aromatic N) is 2. The normalized spacial score (nSPS) is 10.7. The molecule has 0 unspecified atom stereocenters. The summed E-state index contributed by atoms with van der Waals surface area (Å²) in [7, 11) is -3.66. The zero-order valence-corrected chi connectivity index (χ0v) is 11.0. The Morgan fingerprint density at radius 3 is 2.53 bits per heavy atom. The molecule has 0 aliphatic rings. The third-order valence-corrected chi connectivity index (χ3v) is 4.03. The summed E-state index contributed by atoms with van der Waals surface area (Å²) in [5, 5.41) is 8.65. The maximum absolute atomic E-state index is 12.2. The summed E-state index contributed by atoms with van der Waals surface area (Å²) >= 11 is 0. The van der Waals surface area contributed by atoms with Crippen molar-refractivity contribution >= 4 is 15.8 Å². The lowest BCUT2D eigenvalue weighted by atomic mass is 10.2. The van der Waals surface area contributed by atoms with Crippen LogP contribution in [0.25, 0.3) is 0 Å². The molecule has 2 aromatic rings. The van der Waals surface area contributed by atoms with Gasteiger partial charge in [0.2, 0.25) is 0 Å². The Kier molecular flexibility index (Phi) is 3.49. The number of benzene rings is 1. The average Bonchev–Trinajstić information content (AvgIpc) is 2.39. The van der Waals surface area contributed by atoms with Crippen LogP contribution in [0.15, 0.2) is 47.5 Å². The Labute approximate surface area is 111 Å². The van der Waals surface area contributed by atoms with Gasteiger partial charge < -0.3 is 0 Å². The fourth-order valence-corrected chi connectivity index (χ4v) is 2.83. The molecule has 2 rings (SSSR count). The van der Waals surface area contributed by atoms with Crippen molar-refractivity contribution in [2.45, 2.75) is 11.8 Å².